The molecule has 0 bridgehead atoms. The molecule has 2 heterocycles. The van der Waals surface area contributed by atoms with E-state index in [0.717, 1.165) is 5.56 Å². The molecule has 5 rings (SSSR count). The number of anilines is 1. The van der Waals surface area contributed by atoms with Crippen LogP contribution in [0.15, 0.2) is 82.5 Å². The minimum atomic E-state index is -0.732. The van der Waals surface area contributed by atoms with Gasteiger partial charge < -0.3 is 18.6 Å². The van der Waals surface area contributed by atoms with Gasteiger partial charge in [-0.05, 0) is 67.9 Å². The van der Waals surface area contributed by atoms with Gasteiger partial charge in [0.25, 0.3) is 5.91 Å². The third-order valence-corrected chi connectivity index (χ3v) is 6.31. The lowest BCUT2D eigenvalue weighted by Crippen LogP contribution is -2.29. The summed E-state index contributed by atoms with van der Waals surface area (Å²) >= 11 is 0. The largest absolute Gasteiger partial charge is 0.494 e. The van der Waals surface area contributed by atoms with Crippen LogP contribution in [0.2, 0.25) is 0 Å². The Bertz CT molecular complexity index is 1550. The molecule has 4 aromatic rings. The Balaban J connectivity index is 1.72. The number of aryl methyl sites for hydroxylation is 1. The summed E-state index contributed by atoms with van der Waals surface area (Å²) in [7, 11) is 1.54. The van der Waals surface area contributed by atoms with Gasteiger partial charge in [0.1, 0.15) is 17.9 Å². The van der Waals surface area contributed by atoms with Gasteiger partial charge in [0.15, 0.2) is 16.9 Å². The minimum absolute atomic E-state index is 0.0335. The van der Waals surface area contributed by atoms with Gasteiger partial charge >= 0.3 is 0 Å². The molecule has 0 saturated heterocycles. The van der Waals surface area contributed by atoms with Crippen LogP contribution in [0.1, 0.15) is 40.2 Å². The highest BCUT2D eigenvalue weighted by Crippen LogP contribution is 2.43. The SMILES string of the molecule is C=CCOc1ccc(C2c3c(oc4ccc(C)cc4c3=O)C(=O)N2c2ccc(OCC)cc2)cc1OC. The summed E-state index contributed by atoms with van der Waals surface area (Å²) in [4.78, 5) is 29.2. The van der Waals surface area contributed by atoms with E-state index in [4.69, 9.17) is 18.6 Å². The lowest BCUT2D eigenvalue weighted by molar-refractivity contribution is 0.0971. The summed E-state index contributed by atoms with van der Waals surface area (Å²) in [5, 5.41) is 0.433. The van der Waals surface area contributed by atoms with E-state index in [0.29, 0.717) is 58.2 Å². The number of ether oxygens (including phenoxy) is 3. The quantitative estimate of drug-likeness (QED) is 0.285. The number of carbonyl (C=O) groups is 1. The number of rotatable bonds is 8. The van der Waals surface area contributed by atoms with Gasteiger partial charge in [0.2, 0.25) is 5.76 Å². The normalized spacial score (nSPS) is 14.5. The number of fused-ring (bicyclic) bond motifs is 2. The molecule has 3 aromatic carbocycles. The Labute approximate surface area is 214 Å². The molecule has 1 atom stereocenters. The average molecular weight is 498 g/mol. The van der Waals surface area contributed by atoms with Gasteiger partial charge in [-0.3, -0.25) is 14.5 Å². The van der Waals surface area contributed by atoms with Crippen LogP contribution in [0.4, 0.5) is 5.69 Å². The van der Waals surface area contributed by atoms with Crippen molar-refractivity contribution in [2.24, 2.45) is 0 Å². The van der Waals surface area contributed by atoms with Crippen molar-refractivity contribution in [2.45, 2.75) is 19.9 Å². The first-order valence-corrected chi connectivity index (χ1v) is 12.0. The van der Waals surface area contributed by atoms with Crippen LogP contribution in [0.25, 0.3) is 11.0 Å². The van der Waals surface area contributed by atoms with Crippen molar-refractivity contribution < 1.29 is 23.4 Å². The van der Waals surface area contributed by atoms with E-state index in [1.165, 1.54) is 0 Å². The summed E-state index contributed by atoms with van der Waals surface area (Å²) in [5.74, 6) is 1.34. The van der Waals surface area contributed by atoms with Crippen LogP contribution >= 0.6 is 0 Å². The molecule has 0 N–H and O–H groups in total. The molecule has 37 heavy (non-hydrogen) atoms. The van der Waals surface area contributed by atoms with E-state index < -0.39 is 11.9 Å². The lowest BCUT2D eigenvalue weighted by Gasteiger charge is -2.26. The molecule has 1 aliphatic rings. The first-order valence-electron chi connectivity index (χ1n) is 12.0. The molecule has 188 valence electrons. The summed E-state index contributed by atoms with van der Waals surface area (Å²) in [5.41, 5.74) is 2.64. The van der Waals surface area contributed by atoms with Crippen molar-refractivity contribution in [1.29, 1.82) is 0 Å². The van der Waals surface area contributed by atoms with Gasteiger partial charge in [0.05, 0.1) is 30.7 Å². The van der Waals surface area contributed by atoms with E-state index >= 15 is 0 Å². The Kier molecular flexibility index (Phi) is 6.44. The number of nitrogens with zero attached hydrogens (tertiary/aromatic N) is 1. The molecule has 0 fully saturated rings. The standard InChI is InChI=1S/C30H27NO6/c1-5-15-36-24-14-8-19(17-25(24)34-4)27-26-28(32)22-16-18(3)7-13-23(22)37-29(26)30(33)31(27)20-9-11-21(12-10-20)35-6-2/h5,7-14,16-17,27H,1,6,15H2,2-4H3. The number of benzene rings is 3. The molecule has 1 aliphatic heterocycles. The maximum atomic E-state index is 13.9. The number of hydrogen-bond donors (Lipinski definition) is 0. The van der Waals surface area contributed by atoms with Gasteiger partial charge in [0, 0.05) is 5.69 Å². The molecule has 7 nitrogen and oxygen atoms in total. The molecule has 1 aromatic heterocycles. The first kappa shape index (κ1) is 24.2. The van der Waals surface area contributed by atoms with Crippen molar-refractivity contribution >= 4 is 22.6 Å². The smallest absolute Gasteiger partial charge is 0.295 e. The van der Waals surface area contributed by atoms with Crippen LogP contribution < -0.4 is 24.5 Å². The first-order chi connectivity index (χ1) is 18.0. The topological polar surface area (TPSA) is 78.2 Å². The molecular formula is C30H27NO6. The van der Waals surface area contributed by atoms with Crippen molar-refractivity contribution in [3.8, 4) is 17.2 Å². The van der Waals surface area contributed by atoms with Crippen molar-refractivity contribution in [3.05, 3.63) is 106 Å². The Morgan fingerprint density at radius 3 is 2.49 bits per heavy atom. The van der Waals surface area contributed by atoms with Crippen LogP contribution in [0, 0.1) is 6.92 Å². The van der Waals surface area contributed by atoms with E-state index in [1.807, 2.05) is 26.0 Å². The highest BCUT2D eigenvalue weighted by atomic mass is 16.5. The van der Waals surface area contributed by atoms with Crippen LogP contribution in [-0.2, 0) is 0 Å². The lowest BCUT2D eigenvalue weighted by atomic mass is 9.97. The van der Waals surface area contributed by atoms with E-state index in [-0.39, 0.29) is 11.2 Å². The predicted molar refractivity (Wildman–Crippen MR) is 142 cm³/mol. The molecule has 7 heteroatoms. The summed E-state index contributed by atoms with van der Waals surface area (Å²) in [6, 6.07) is 17.2. The number of carbonyl (C=O) groups excluding carboxylic acids is 1. The van der Waals surface area contributed by atoms with Crippen molar-refractivity contribution in [2.75, 3.05) is 25.2 Å². The number of methoxy groups -OCH3 is 1. The molecule has 1 unspecified atom stereocenters. The fourth-order valence-corrected chi connectivity index (χ4v) is 4.66. The summed E-state index contributed by atoms with van der Waals surface area (Å²) in [6.45, 7) is 8.34. The molecule has 1 amide bonds. The predicted octanol–water partition coefficient (Wildman–Crippen LogP) is 5.82. The van der Waals surface area contributed by atoms with Gasteiger partial charge in [-0.25, -0.2) is 0 Å². The van der Waals surface area contributed by atoms with Crippen molar-refractivity contribution in [1.82, 2.24) is 0 Å². The number of hydrogen-bond acceptors (Lipinski definition) is 6. The Hall–Kier alpha value is -4.52. The third-order valence-electron chi connectivity index (χ3n) is 6.31. The van der Waals surface area contributed by atoms with Gasteiger partial charge in [-0.15, -0.1) is 0 Å². The maximum absolute atomic E-state index is 13.9. The zero-order chi connectivity index (χ0) is 26.1. The van der Waals surface area contributed by atoms with Crippen molar-refractivity contribution in [3.63, 3.8) is 0 Å². The van der Waals surface area contributed by atoms with Gasteiger partial charge in [-0.1, -0.05) is 30.4 Å². The highest BCUT2D eigenvalue weighted by Gasteiger charge is 2.44. The molecular weight excluding hydrogens is 470 g/mol. The van der Waals surface area contributed by atoms with E-state index in [2.05, 4.69) is 6.58 Å². The maximum Gasteiger partial charge on any atom is 0.295 e. The second-order valence-electron chi connectivity index (χ2n) is 8.69. The Morgan fingerprint density at radius 2 is 1.78 bits per heavy atom. The Morgan fingerprint density at radius 1 is 1.00 bits per heavy atom. The highest BCUT2D eigenvalue weighted by molar-refractivity contribution is 6.10. The van der Waals surface area contributed by atoms with Crippen LogP contribution in [0.5, 0.6) is 17.2 Å². The minimum Gasteiger partial charge on any atom is -0.494 e. The summed E-state index contributed by atoms with van der Waals surface area (Å²) in [6.07, 6.45) is 1.64. The fraction of sp³-hybridized carbons (Fsp3) is 0.200. The van der Waals surface area contributed by atoms with Crippen LogP contribution in [-0.4, -0.2) is 26.2 Å². The fourth-order valence-electron chi connectivity index (χ4n) is 4.66. The second-order valence-corrected chi connectivity index (χ2v) is 8.69. The zero-order valence-corrected chi connectivity index (χ0v) is 20.9. The van der Waals surface area contributed by atoms with Gasteiger partial charge in [-0.2, -0.15) is 0 Å². The second kappa shape index (κ2) is 9.85. The molecule has 0 radical (unpaired) electrons. The molecule has 0 saturated carbocycles. The third kappa shape index (κ3) is 4.22. The monoisotopic (exact) mass is 497 g/mol. The molecule has 0 aliphatic carbocycles. The zero-order valence-electron chi connectivity index (χ0n) is 20.9. The van der Waals surface area contributed by atoms with E-state index in [9.17, 15) is 9.59 Å². The van der Waals surface area contributed by atoms with Crippen LogP contribution in [0.3, 0.4) is 0 Å². The number of amides is 1. The average Bonchev–Trinajstić information content (AvgIpc) is 3.20. The molecule has 0 spiro atoms. The van der Waals surface area contributed by atoms with E-state index in [1.54, 1.807) is 66.6 Å². The summed E-state index contributed by atoms with van der Waals surface area (Å²) < 4.78 is 22.9.